The average molecular weight is 274 g/mol. The normalized spacial score (nSPS) is 22.4. The number of hydrogen-bond acceptors (Lipinski definition) is 4. The minimum absolute atomic E-state index is 0.439. The van der Waals surface area contributed by atoms with Crippen molar-refractivity contribution in [3.63, 3.8) is 0 Å². The topological polar surface area (TPSA) is 73.6 Å². The van der Waals surface area contributed by atoms with E-state index in [1.165, 1.54) is 0 Å². The van der Waals surface area contributed by atoms with Gasteiger partial charge in [0.15, 0.2) is 0 Å². The Kier molecular flexibility index (Phi) is 4.26. The summed E-state index contributed by atoms with van der Waals surface area (Å²) in [6, 6.07) is 8.95. The van der Waals surface area contributed by atoms with Crippen LogP contribution in [-0.4, -0.2) is 41.2 Å². The van der Waals surface area contributed by atoms with Crippen molar-refractivity contribution in [2.24, 2.45) is 0 Å². The Morgan fingerprint density at radius 3 is 2.80 bits per heavy atom. The summed E-state index contributed by atoms with van der Waals surface area (Å²) in [6.07, 6.45) is 1.58. The van der Waals surface area contributed by atoms with E-state index >= 15 is 0 Å². The SMILES string of the molecule is CC1(C(=O)O)CCCN1CCOc1ccc(C#N)cc1. The largest absolute Gasteiger partial charge is 0.492 e. The zero-order chi connectivity index (χ0) is 14.6. The molecule has 1 heterocycles. The third-order valence-electron chi connectivity index (χ3n) is 3.86. The number of carboxylic acid groups (broad SMARTS) is 1. The number of aliphatic carboxylic acids is 1. The maximum Gasteiger partial charge on any atom is 0.323 e. The van der Waals surface area contributed by atoms with Crippen LogP contribution in [0.4, 0.5) is 0 Å². The first-order valence-electron chi connectivity index (χ1n) is 6.68. The predicted octanol–water partition coefficient (Wildman–Crippen LogP) is 1.88. The zero-order valence-electron chi connectivity index (χ0n) is 11.5. The van der Waals surface area contributed by atoms with E-state index in [0.717, 1.165) is 13.0 Å². The van der Waals surface area contributed by atoms with Crippen LogP contribution < -0.4 is 4.74 Å². The Morgan fingerprint density at radius 1 is 1.50 bits per heavy atom. The molecule has 1 saturated heterocycles. The highest BCUT2D eigenvalue weighted by molar-refractivity contribution is 5.78. The Morgan fingerprint density at radius 2 is 2.20 bits per heavy atom. The van der Waals surface area contributed by atoms with Crippen LogP contribution in [0.1, 0.15) is 25.3 Å². The summed E-state index contributed by atoms with van der Waals surface area (Å²) in [5.41, 5.74) is -0.177. The number of benzene rings is 1. The maximum absolute atomic E-state index is 11.3. The van der Waals surface area contributed by atoms with Gasteiger partial charge in [0.05, 0.1) is 11.6 Å². The van der Waals surface area contributed by atoms with Gasteiger partial charge >= 0.3 is 5.97 Å². The first-order chi connectivity index (χ1) is 9.56. The summed E-state index contributed by atoms with van der Waals surface area (Å²) >= 11 is 0. The summed E-state index contributed by atoms with van der Waals surface area (Å²) in [5, 5.41) is 18.0. The monoisotopic (exact) mass is 274 g/mol. The van der Waals surface area contributed by atoms with Crippen molar-refractivity contribution in [1.29, 1.82) is 5.26 Å². The van der Waals surface area contributed by atoms with E-state index in [0.29, 0.717) is 30.9 Å². The van der Waals surface area contributed by atoms with Gasteiger partial charge in [0.25, 0.3) is 0 Å². The lowest BCUT2D eigenvalue weighted by atomic mass is 9.99. The van der Waals surface area contributed by atoms with Crippen molar-refractivity contribution < 1.29 is 14.6 Å². The Hall–Kier alpha value is -2.06. The first kappa shape index (κ1) is 14.4. The number of nitriles is 1. The van der Waals surface area contributed by atoms with E-state index in [1.807, 2.05) is 11.0 Å². The number of nitrogens with zero attached hydrogens (tertiary/aromatic N) is 2. The molecule has 20 heavy (non-hydrogen) atoms. The summed E-state index contributed by atoms with van der Waals surface area (Å²) < 4.78 is 5.60. The van der Waals surface area contributed by atoms with Gasteiger partial charge in [-0.05, 0) is 50.6 Å². The molecule has 5 heteroatoms. The number of carbonyl (C=O) groups is 1. The third-order valence-corrected chi connectivity index (χ3v) is 3.86. The molecular formula is C15H18N2O3. The molecule has 1 atom stereocenters. The van der Waals surface area contributed by atoms with Crippen LogP contribution in [0.2, 0.25) is 0 Å². The highest BCUT2D eigenvalue weighted by atomic mass is 16.5. The molecule has 5 nitrogen and oxygen atoms in total. The van der Waals surface area contributed by atoms with Crippen LogP contribution in [0.15, 0.2) is 24.3 Å². The van der Waals surface area contributed by atoms with E-state index in [-0.39, 0.29) is 0 Å². The Labute approximate surface area is 118 Å². The minimum Gasteiger partial charge on any atom is -0.492 e. The van der Waals surface area contributed by atoms with Crippen LogP contribution >= 0.6 is 0 Å². The highest BCUT2D eigenvalue weighted by Crippen LogP contribution is 2.28. The standard InChI is InChI=1S/C15H18N2O3/c1-15(14(18)19)7-2-8-17(15)9-10-20-13-5-3-12(11-16)4-6-13/h3-6H,2,7-10H2,1H3,(H,18,19). The molecule has 1 aliphatic rings. The molecule has 1 fully saturated rings. The van der Waals surface area contributed by atoms with Gasteiger partial charge in [0.1, 0.15) is 17.9 Å². The molecule has 1 N–H and O–H groups in total. The molecule has 0 amide bonds. The molecule has 1 aliphatic heterocycles. The second kappa shape index (κ2) is 5.93. The number of ether oxygens (including phenoxy) is 1. The van der Waals surface area contributed by atoms with Crippen molar-refractivity contribution >= 4 is 5.97 Å². The number of rotatable bonds is 5. The quantitative estimate of drug-likeness (QED) is 0.887. The van der Waals surface area contributed by atoms with Crippen molar-refractivity contribution in [1.82, 2.24) is 4.90 Å². The van der Waals surface area contributed by atoms with Gasteiger partial charge in [-0.2, -0.15) is 5.26 Å². The second-order valence-electron chi connectivity index (χ2n) is 5.15. The van der Waals surface area contributed by atoms with Gasteiger partial charge in [-0.15, -0.1) is 0 Å². The van der Waals surface area contributed by atoms with E-state index in [9.17, 15) is 9.90 Å². The summed E-state index contributed by atoms with van der Waals surface area (Å²) in [4.78, 5) is 13.3. The van der Waals surface area contributed by atoms with Crippen molar-refractivity contribution in [2.75, 3.05) is 19.7 Å². The maximum atomic E-state index is 11.3. The van der Waals surface area contributed by atoms with Gasteiger partial charge in [-0.1, -0.05) is 0 Å². The fraction of sp³-hybridized carbons (Fsp3) is 0.467. The van der Waals surface area contributed by atoms with Gasteiger partial charge in [-0.25, -0.2) is 0 Å². The van der Waals surface area contributed by atoms with Crippen LogP contribution in [0, 0.1) is 11.3 Å². The molecule has 0 aliphatic carbocycles. The number of hydrogen-bond donors (Lipinski definition) is 1. The molecule has 2 rings (SSSR count). The van der Waals surface area contributed by atoms with Crippen LogP contribution in [0.5, 0.6) is 5.75 Å². The molecular weight excluding hydrogens is 256 g/mol. The average Bonchev–Trinajstić information content (AvgIpc) is 2.82. The Bertz CT molecular complexity index is 521. The molecule has 1 unspecified atom stereocenters. The highest BCUT2D eigenvalue weighted by Gasteiger charge is 2.42. The lowest BCUT2D eigenvalue weighted by molar-refractivity contribution is -0.148. The van der Waals surface area contributed by atoms with Crippen molar-refractivity contribution in [3.05, 3.63) is 29.8 Å². The molecule has 106 valence electrons. The van der Waals surface area contributed by atoms with E-state index < -0.39 is 11.5 Å². The van der Waals surface area contributed by atoms with Crippen molar-refractivity contribution in [3.8, 4) is 11.8 Å². The smallest absolute Gasteiger partial charge is 0.323 e. The second-order valence-corrected chi connectivity index (χ2v) is 5.15. The number of carboxylic acids is 1. The first-order valence-corrected chi connectivity index (χ1v) is 6.68. The van der Waals surface area contributed by atoms with Gasteiger partial charge < -0.3 is 9.84 Å². The van der Waals surface area contributed by atoms with Crippen LogP contribution in [0.25, 0.3) is 0 Å². The summed E-state index contributed by atoms with van der Waals surface area (Å²) in [5.74, 6) is -0.0754. The molecule has 0 spiro atoms. The molecule has 0 bridgehead atoms. The molecule has 1 aromatic rings. The predicted molar refractivity (Wildman–Crippen MR) is 73.5 cm³/mol. The molecule has 0 aromatic heterocycles. The van der Waals surface area contributed by atoms with Crippen molar-refractivity contribution in [2.45, 2.75) is 25.3 Å². The van der Waals surface area contributed by atoms with E-state index in [1.54, 1.807) is 31.2 Å². The van der Waals surface area contributed by atoms with Gasteiger partial charge in [0, 0.05) is 6.54 Å². The third kappa shape index (κ3) is 2.91. The Balaban J connectivity index is 1.86. The van der Waals surface area contributed by atoms with Crippen LogP contribution in [0.3, 0.4) is 0 Å². The summed E-state index contributed by atoms with van der Waals surface area (Å²) in [6.45, 7) is 3.58. The molecule has 0 radical (unpaired) electrons. The molecule has 0 saturated carbocycles. The fourth-order valence-corrected chi connectivity index (χ4v) is 2.52. The minimum atomic E-state index is -0.770. The zero-order valence-corrected chi connectivity index (χ0v) is 11.5. The lowest BCUT2D eigenvalue weighted by Gasteiger charge is -2.30. The van der Waals surface area contributed by atoms with Gasteiger partial charge in [-0.3, -0.25) is 9.69 Å². The molecule has 1 aromatic carbocycles. The summed E-state index contributed by atoms with van der Waals surface area (Å²) in [7, 11) is 0. The fourth-order valence-electron chi connectivity index (χ4n) is 2.52. The van der Waals surface area contributed by atoms with Crippen LogP contribution in [-0.2, 0) is 4.79 Å². The van der Waals surface area contributed by atoms with E-state index in [4.69, 9.17) is 10.00 Å². The van der Waals surface area contributed by atoms with Gasteiger partial charge in [0.2, 0.25) is 0 Å². The number of likely N-dealkylation sites (tertiary alicyclic amines) is 1. The van der Waals surface area contributed by atoms with E-state index in [2.05, 4.69) is 0 Å². The lowest BCUT2D eigenvalue weighted by Crippen LogP contribution is -2.49.